The maximum Gasteiger partial charge on any atom is 0.427 e. The molecule has 7 nitrogen and oxygen atoms in total. The Morgan fingerprint density at radius 3 is 2.06 bits per heavy atom. The first-order chi connectivity index (χ1) is 16.3. The Kier molecular flexibility index (Phi) is 13.4. The van der Waals surface area contributed by atoms with Gasteiger partial charge in [-0.15, -0.1) is 0 Å². The van der Waals surface area contributed by atoms with E-state index in [1.54, 1.807) is 0 Å². The maximum atomic E-state index is 6.64. The van der Waals surface area contributed by atoms with Crippen LogP contribution in [0.1, 0.15) is 52.9 Å². The van der Waals surface area contributed by atoms with Gasteiger partial charge in [-0.3, -0.25) is 4.57 Å². The molecule has 1 atom stereocenters. The van der Waals surface area contributed by atoms with E-state index in [0.717, 1.165) is 65.0 Å². The molecule has 0 aliphatic carbocycles. The molecule has 1 unspecified atom stereocenters. The molecule has 10 heteroatoms. The van der Waals surface area contributed by atoms with Crippen molar-refractivity contribution in [1.82, 2.24) is 13.7 Å². The molecule has 2 saturated heterocycles. The lowest BCUT2D eigenvalue weighted by Crippen LogP contribution is -2.61. The standard InChI is InChI=1S/C24H56N4O3Si3/c1-7-29-33(23-14-21-28(33)32(4,5)6)22-12-18-26(16-10-15-25)17-11-19-27-20-13-24-34(27,30-8-2)31-9-3/h7-25H2,1-6H3. The highest BCUT2D eigenvalue weighted by Crippen LogP contribution is 2.36. The third-order valence-corrected chi connectivity index (χ3v) is 20.7. The van der Waals surface area contributed by atoms with Gasteiger partial charge >= 0.3 is 8.72 Å². The molecular weight excluding hydrogens is 477 g/mol. The number of nitrogens with two attached hydrogens (primary N) is 1. The number of hydrogen-bond acceptors (Lipinski definition) is 7. The van der Waals surface area contributed by atoms with Crippen LogP contribution >= 0.6 is 0 Å². The summed E-state index contributed by atoms with van der Waals surface area (Å²) < 4.78 is 24.6. The third kappa shape index (κ3) is 8.46. The van der Waals surface area contributed by atoms with Crippen molar-refractivity contribution in [3.63, 3.8) is 0 Å². The fourth-order valence-corrected chi connectivity index (χ4v) is 20.1. The van der Waals surface area contributed by atoms with E-state index in [2.05, 4.69) is 54.1 Å². The van der Waals surface area contributed by atoms with Crippen LogP contribution in [-0.4, -0.2) is 105 Å². The summed E-state index contributed by atoms with van der Waals surface area (Å²) in [5.41, 5.74) is 5.88. The van der Waals surface area contributed by atoms with E-state index in [0.29, 0.717) is 0 Å². The van der Waals surface area contributed by atoms with Gasteiger partial charge in [0.05, 0.1) is 0 Å². The highest BCUT2D eigenvalue weighted by atomic mass is 28.4. The van der Waals surface area contributed by atoms with Crippen LogP contribution in [0.3, 0.4) is 0 Å². The van der Waals surface area contributed by atoms with E-state index in [4.69, 9.17) is 19.0 Å². The van der Waals surface area contributed by atoms with Gasteiger partial charge in [0.15, 0.2) is 0 Å². The van der Waals surface area contributed by atoms with Crippen molar-refractivity contribution in [2.24, 2.45) is 5.73 Å². The molecule has 0 aromatic carbocycles. The topological polar surface area (TPSA) is 63.4 Å². The molecule has 0 aromatic heterocycles. The molecule has 0 spiro atoms. The molecular formula is C24H56N4O3Si3. The molecule has 2 aliphatic heterocycles. The summed E-state index contributed by atoms with van der Waals surface area (Å²) in [7, 11) is -5.29. The van der Waals surface area contributed by atoms with Crippen LogP contribution in [0.2, 0.25) is 37.8 Å². The van der Waals surface area contributed by atoms with Crippen molar-refractivity contribution in [2.75, 3.05) is 65.6 Å². The molecule has 0 saturated carbocycles. The SMILES string of the molecule is CCO[Si]1(CCCN(CCCN)CCCN2CCC[Si]2(OCC)OCC)CCCN1[Si](C)(C)C. The van der Waals surface area contributed by atoms with Crippen molar-refractivity contribution in [3.05, 3.63) is 0 Å². The zero-order chi connectivity index (χ0) is 25.1. The Morgan fingerprint density at radius 2 is 1.44 bits per heavy atom. The fraction of sp³-hybridized carbons (Fsp3) is 1.00. The first-order valence-corrected chi connectivity index (χ1v) is 21.8. The fourth-order valence-electron chi connectivity index (χ4n) is 6.19. The predicted octanol–water partition coefficient (Wildman–Crippen LogP) is 4.15. The Balaban J connectivity index is 1.90. The van der Waals surface area contributed by atoms with Gasteiger partial charge in [-0.2, -0.15) is 0 Å². The summed E-state index contributed by atoms with van der Waals surface area (Å²) in [6.45, 7) is 23.9. The minimum Gasteiger partial charge on any atom is -0.404 e. The van der Waals surface area contributed by atoms with Gasteiger partial charge in [-0.25, -0.2) is 0 Å². The number of hydrogen-bond donors (Lipinski definition) is 1. The zero-order valence-corrected chi connectivity index (χ0v) is 26.4. The van der Waals surface area contributed by atoms with Gasteiger partial charge in [0, 0.05) is 25.9 Å². The quantitative estimate of drug-likeness (QED) is 0.266. The van der Waals surface area contributed by atoms with Crippen LogP contribution in [0, 0.1) is 0 Å². The average Bonchev–Trinajstić information content (AvgIpc) is 3.37. The van der Waals surface area contributed by atoms with Gasteiger partial charge < -0.3 is 28.1 Å². The minimum atomic E-state index is -2.16. The summed E-state index contributed by atoms with van der Waals surface area (Å²) in [5.74, 6) is 0. The normalized spacial score (nSPS) is 24.0. The van der Waals surface area contributed by atoms with E-state index in [-0.39, 0.29) is 0 Å². The molecule has 2 N–H and O–H groups in total. The van der Waals surface area contributed by atoms with Crippen LogP contribution in [-0.2, 0) is 13.3 Å². The van der Waals surface area contributed by atoms with Crippen molar-refractivity contribution in [3.8, 4) is 0 Å². The van der Waals surface area contributed by atoms with Crippen LogP contribution < -0.4 is 5.73 Å². The molecule has 2 fully saturated rings. The monoisotopic (exact) mass is 532 g/mol. The van der Waals surface area contributed by atoms with Crippen molar-refractivity contribution < 1.29 is 13.3 Å². The number of rotatable bonds is 18. The lowest BCUT2D eigenvalue weighted by atomic mass is 10.3. The van der Waals surface area contributed by atoms with Crippen molar-refractivity contribution in [2.45, 2.75) is 90.6 Å². The summed E-state index contributed by atoms with van der Waals surface area (Å²) >= 11 is 0. The van der Waals surface area contributed by atoms with E-state index in [1.165, 1.54) is 50.9 Å². The Labute approximate surface area is 214 Å². The van der Waals surface area contributed by atoms with Crippen LogP contribution in [0.5, 0.6) is 0 Å². The van der Waals surface area contributed by atoms with Gasteiger partial charge in [0.2, 0.25) is 0 Å². The van der Waals surface area contributed by atoms with E-state index in [1.807, 2.05) is 0 Å². The Bertz CT molecular complexity index is 564. The molecule has 34 heavy (non-hydrogen) atoms. The molecule has 0 aromatic rings. The largest absolute Gasteiger partial charge is 0.427 e. The second kappa shape index (κ2) is 14.9. The van der Waals surface area contributed by atoms with Crippen LogP contribution in [0.15, 0.2) is 0 Å². The second-order valence-electron chi connectivity index (χ2n) is 10.9. The minimum absolute atomic E-state index is 0.755. The lowest BCUT2D eigenvalue weighted by molar-refractivity contribution is 0.133. The summed E-state index contributed by atoms with van der Waals surface area (Å²) in [5, 5.41) is 0. The van der Waals surface area contributed by atoms with Crippen molar-refractivity contribution >= 4 is 25.4 Å². The summed E-state index contributed by atoms with van der Waals surface area (Å²) in [4.78, 5) is 2.66. The second-order valence-corrected chi connectivity index (χ2v) is 23.1. The molecule has 0 amide bonds. The van der Waals surface area contributed by atoms with E-state index < -0.39 is 25.4 Å². The summed E-state index contributed by atoms with van der Waals surface area (Å²) in [6, 6.07) is 3.72. The summed E-state index contributed by atoms with van der Waals surface area (Å²) in [6.07, 6.45) is 6.04. The zero-order valence-electron chi connectivity index (χ0n) is 23.4. The first-order valence-electron chi connectivity index (χ1n) is 14.1. The molecule has 2 rings (SSSR count). The number of nitrogens with zero attached hydrogens (tertiary/aromatic N) is 3. The highest BCUT2D eigenvalue weighted by molar-refractivity contribution is 6.88. The van der Waals surface area contributed by atoms with Gasteiger partial charge in [0.1, 0.15) is 8.24 Å². The van der Waals surface area contributed by atoms with Gasteiger partial charge in [0.25, 0.3) is 8.48 Å². The van der Waals surface area contributed by atoms with Crippen molar-refractivity contribution in [1.29, 1.82) is 0 Å². The van der Waals surface area contributed by atoms with Gasteiger partial charge in [-0.05, 0) is 111 Å². The highest BCUT2D eigenvalue weighted by Gasteiger charge is 2.50. The van der Waals surface area contributed by atoms with Gasteiger partial charge in [-0.1, -0.05) is 19.6 Å². The maximum absolute atomic E-state index is 6.64. The Hall–Kier alpha value is 0.371. The van der Waals surface area contributed by atoms with Crippen LogP contribution in [0.25, 0.3) is 0 Å². The van der Waals surface area contributed by atoms with E-state index in [9.17, 15) is 0 Å². The smallest absolute Gasteiger partial charge is 0.404 e. The average molecular weight is 533 g/mol. The molecule has 2 aliphatic rings. The van der Waals surface area contributed by atoms with E-state index >= 15 is 0 Å². The molecule has 2 heterocycles. The molecule has 0 radical (unpaired) electrons. The van der Waals surface area contributed by atoms with Crippen LogP contribution in [0.4, 0.5) is 0 Å². The Morgan fingerprint density at radius 1 is 0.824 bits per heavy atom. The lowest BCUT2D eigenvalue weighted by Gasteiger charge is -2.43. The molecule has 202 valence electrons. The molecule has 0 bridgehead atoms. The third-order valence-electron chi connectivity index (χ3n) is 7.43. The first kappa shape index (κ1) is 30.6. The predicted molar refractivity (Wildman–Crippen MR) is 151 cm³/mol.